The first-order valence-electron chi connectivity index (χ1n) is 9.24. The third-order valence-corrected chi connectivity index (χ3v) is 5.48. The largest absolute Gasteiger partial charge is 0.481 e. The van der Waals surface area contributed by atoms with Gasteiger partial charge < -0.3 is 14.6 Å². The zero-order valence-electron chi connectivity index (χ0n) is 15.2. The quantitative estimate of drug-likeness (QED) is 0.728. The minimum atomic E-state index is -0.790. The minimum absolute atomic E-state index is 0.158. The molecule has 0 bridgehead atoms. The molecule has 1 aromatic heterocycles. The highest BCUT2D eigenvalue weighted by molar-refractivity contribution is 6.30. The number of aliphatic carboxylic acids is 1. The number of benzene rings is 2. The van der Waals surface area contributed by atoms with Gasteiger partial charge in [-0.15, -0.1) is 0 Å². The molecule has 1 aliphatic heterocycles. The molecule has 3 aromatic rings. The first kappa shape index (κ1) is 18.5. The molecule has 0 aliphatic carbocycles. The number of hydrogen-bond donors (Lipinski definition) is 1. The summed E-state index contributed by atoms with van der Waals surface area (Å²) in [5.74, 6) is -0.946. The highest BCUT2D eigenvalue weighted by atomic mass is 35.5. The first-order chi connectivity index (χ1) is 13.5. The molecular weight excluding hydrogens is 378 g/mol. The molecule has 0 saturated carbocycles. The fourth-order valence-electron chi connectivity index (χ4n) is 3.64. The molecule has 7 heteroatoms. The van der Waals surface area contributed by atoms with E-state index in [1.54, 1.807) is 4.90 Å². The van der Waals surface area contributed by atoms with Crippen molar-refractivity contribution in [3.8, 4) is 0 Å². The van der Waals surface area contributed by atoms with Crippen LogP contribution in [-0.2, 0) is 11.3 Å². The topological polar surface area (TPSA) is 75.4 Å². The van der Waals surface area contributed by atoms with Gasteiger partial charge in [0.25, 0.3) is 5.91 Å². The maximum absolute atomic E-state index is 13.2. The van der Waals surface area contributed by atoms with Crippen LogP contribution in [0.2, 0.25) is 5.02 Å². The van der Waals surface area contributed by atoms with Crippen molar-refractivity contribution in [1.29, 1.82) is 0 Å². The molecule has 1 amide bonds. The van der Waals surface area contributed by atoms with Crippen molar-refractivity contribution < 1.29 is 14.7 Å². The van der Waals surface area contributed by atoms with Gasteiger partial charge in [-0.25, -0.2) is 4.98 Å². The van der Waals surface area contributed by atoms with Crippen molar-refractivity contribution >= 4 is 34.5 Å². The van der Waals surface area contributed by atoms with Crippen LogP contribution in [0.15, 0.2) is 48.5 Å². The Hall–Kier alpha value is -2.86. The molecule has 144 valence electrons. The van der Waals surface area contributed by atoms with E-state index >= 15 is 0 Å². The maximum Gasteiger partial charge on any atom is 0.306 e. The summed E-state index contributed by atoms with van der Waals surface area (Å²) < 4.78 is 1.92. The second-order valence-electron chi connectivity index (χ2n) is 7.04. The minimum Gasteiger partial charge on any atom is -0.481 e. The number of amides is 1. The van der Waals surface area contributed by atoms with Gasteiger partial charge in [0.05, 0.1) is 17.0 Å². The molecule has 0 atom stereocenters. The van der Waals surface area contributed by atoms with E-state index in [1.807, 2.05) is 53.1 Å². The van der Waals surface area contributed by atoms with E-state index in [4.69, 9.17) is 11.6 Å². The number of hydrogen-bond acceptors (Lipinski definition) is 3. The molecule has 0 radical (unpaired) electrons. The van der Waals surface area contributed by atoms with Crippen molar-refractivity contribution in [2.45, 2.75) is 19.4 Å². The third-order valence-electron chi connectivity index (χ3n) is 5.23. The van der Waals surface area contributed by atoms with Crippen molar-refractivity contribution in [2.75, 3.05) is 13.1 Å². The normalized spacial score (nSPS) is 15.1. The third kappa shape index (κ3) is 3.60. The van der Waals surface area contributed by atoms with E-state index in [2.05, 4.69) is 4.98 Å². The van der Waals surface area contributed by atoms with E-state index in [1.165, 1.54) is 0 Å². The Kier molecular flexibility index (Phi) is 5.05. The van der Waals surface area contributed by atoms with Gasteiger partial charge in [0.15, 0.2) is 0 Å². The molecular formula is C21H20ClN3O3. The fraction of sp³-hybridized carbons (Fsp3) is 0.286. The molecule has 2 heterocycles. The van der Waals surface area contributed by atoms with E-state index in [0.29, 0.717) is 43.3 Å². The number of carbonyl (C=O) groups excluding carboxylic acids is 1. The molecule has 28 heavy (non-hydrogen) atoms. The summed E-state index contributed by atoms with van der Waals surface area (Å²) >= 11 is 5.98. The van der Waals surface area contributed by atoms with Gasteiger partial charge in [-0.05, 0) is 42.7 Å². The second kappa shape index (κ2) is 7.64. The summed E-state index contributed by atoms with van der Waals surface area (Å²) in [7, 11) is 0. The fourth-order valence-corrected chi connectivity index (χ4v) is 3.77. The van der Waals surface area contributed by atoms with Crippen LogP contribution in [0.1, 0.15) is 29.0 Å². The summed E-state index contributed by atoms with van der Waals surface area (Å²) in [6.45, 7) is 1.37. The number of imidazole rings is 1. The van der Waals surface area contributed by atoms with Crippen LogP contribution in [0.3, 0.4) is 0 Å². The summed E-state index contributed by atoms with van der Waals surface area (Å²) in [5, 5.41) is 9.84. The number of fused-ring (bicyclic) bond motifs is 1. The molecule has 0 unspecified atom stereocenters. The SMILES string of the molecule is O=C(O)C1CCN(C(=O)c2nc3ccccc3n2Cc2ccc(Cl)cc2)CC1. The van der Waals surface area contributed by atoms with Gasteiger partial charge in [0.2, 0.25) is 5.82 Å². The number of carboxylic acid groups (broad SMARTS) is 1. The van der Waals surface area contributed by atoms with Gasteiger partial charge in [-0.3, -0.25) is 9.59 Å². The molecule has 6 nitrogen and oxygen atoms in total. The van der Waals surface area contributed by atoms with Crippen molar-refractivity contribution in [2.24, 2.45) is 5.92 Å². The summed E-state index contributed by atoms with van der Waals surface area (Å²) in [6.07, 6.45) is 0.941. The second-order valence-corrected chi connectivity index (χ2v) is 7.48. The molecule has 4 rings (SSSR count). The molecule has 2 aromatic carbocycles. The van der Waals surface area contributed by atoms with Crippen LogP contribution in [0, 0.1) is 5.92 Å². The van der Waals surface area contributed by atoms with E-state index in [0.717, 1.165) is 16.6 Å². The number of carboxylic acids is 1. The lowest BCUT2D eigenvalue weighted by Gasteiger charge is -2.30. The standard InChI is InChI=1S/C21H20ClN3O3/c22-16-7-5-14(6-8-16)13-25-18-4-2-1-3-17(18)23-19(25)20(26)24-11-9-15(10-12-24)21(27)28/h1-8,15H,9-13H2,(H,27,28). The van der Waals surface area contributed by atoms with Crippen LogP contribution in [-0.4, -0.2) is 44.5 Å². The lowest BCUT2D eigenvalue weighted by atomic mass is 9.97. The van der Waals surface area contributed by atoms with Crippen molar-refractivity contribution in [3.05, 3.63) is 64.9 Å². The van der Waals surface area contributed by atoms with Crippen LogP contribution < -0.4 is 0 Å². The number of likely N-dealkylation sites (tertiary alicyclic amines) is 1. The van der Waals surface area contributed by atoms with Gasteiger partial charge in [0, 0.05) is 24.7 Å². The van der Waals surface area contributed by atoms with Gasteiger partial charge >= 0.3 is 5.97 Å². The number of nitrogens with zero attached hydrogens (tertiary/aromatic N) is 3. The van der Waals surface area contributed by atoms with Gasteiger partial charge in [-0.2, -0.15) is 0 Å². The Morgan fingerprint density at radius 1 is 1.07 bits per heavy atom. The van der Waals surface area contributed by atoms with Gasteiger partial charge in [0.1, 0.15) is 0 Å². The Morgan fingerprint density at radius 3 is 2.43 bits per heavy atom. The molecule has 1 fully saturated rings. The van der Waals surface area contributed by atoms with E-state index in [-0.39, 0.29) is 11.8 Å². The molecule has 0 spiro atoms. The molecule has 1 saturated heterocycles. The van der Waals surface area contributed by atoms with E-state index in [9.17, 15) is 14.7 Å². The summed E-state index contributed by atoms with van der Waals surface area (Å²) in [4.78, 5) is 30.6. The first-order valence-corrected chi connectivity index (χ1v) is 9.62. The van der Waals surface area contributed by atoms with Gasteiger partial charge in [-0.1, -0.05) is 35.9 Å². The Morgan fingerprint density at radius 2 is 1.75 bits per heavy atom. The zero-order valence-corrected chi connectivity index (χ0v) is 16.0. The monoisotopic (exact) mass is 397 g/mol. The summed E-state index contributed by atoms with van der Waals surface area (Å²) in [5.41, 5.74) is 2.67. The lowest BCUT2D eigenvalue weighted by Crippen LogP contribution is -2.41. The van der Waals surface area contributed by atoms with Crippen molar-refractivity contribution in [3.63, 3.8) is 0 Å². The number of rotatable bonds is 4. The highest BCUT2D eigenvalue weighted by Gasteiger charge is 2.30. The molecule has 1 N–H and O–H groups in total. The van der Waals surface area contributed by atoms with Crippen LogP contribution in [0.5, 0.6) is 0 Å². The average molecular weight is 398 g/mol. The lowest BCUT2D eigenvalue weighted by molar-refractivity contribution is -0.143. The predicted molar refractivity (Wildman–Crippen MR) is 107 cm³/mol. The van der Waals surface area contributed by atoms with E-state index < -0.39 is 5.97 Å². The van der Waals surface area contributed by atoms with Crippen LogP contribution in [0.25, 0.3) is 11.0 Å². The predicted octanol–water partition coefficient (Wildman–Crippen LogP) is 3.67. The maximum atomic E-state index is 13.2. The Balaban J connectivity index is 1.65. The Bertz CT molecular complexity index is 1020. The highest BCUT2D eigenvalue weighted by Crippen LogP contribution is 2.23. The Labute approximate surface area is 167 Å². The number of piperidine rings is 1. The number of halogens is 1. The zero-order chi connectivity index (χ0) is 19.7. The van der Waals surface area contributed by atoms with Crippen molar-refractivity contribution in [1.82, 2.24) is 14.5 Å². The smallest absolute Gasteiger partial charge is 0.306 e. The average Bonchev–Trinajstić information content (AvgIpc) is 3.07. The number of carbonyl (C=O) groups is 2. The van der Waals surface area contributed by atoms with Crippen LogP contribution in [0.4, 0.5) is 0 Å². The summed E-state index contributed by atoms with van der Waals surface area (Å²) in [6, 6.07) is 15.2. The molecule has 1 aliphatic rings. The van der Waals surface area contributed by atoms with Crippen LogP contribution >= 0.6 is 11.6 Å². The number of para-hydroxylation sites is 2. The number of aromatic nitrogens is 2.